The summed E-state index contributed by atoms with van der Waals surface area (Å²) in [5.74, 6) is -0.928. The Morgan fingerprint density at radius 1 is 1.28 bits per heavy atom. The van der Waals surface area contributed by atoms with Crippen LogP contribution in [0, 0.1) is 12.7 Å². The van der Waals surface area contributed by atoms with Crippen molar-refractivity contribution >= 4 is 5.97 Å². The van der Waals surface area contributed by atoms with Crippen molar-refractivity contribution in [3.05, 3.63) is 57.7 Å². The van der Waals surface area contributed by atoms with Crippen molar-refractivity contribution in [1.82, 2.24) is 5.32 Å². The van der Waals surface area contributed by atoms with Crippen molar-refractivity contribution in [3.63, 3.8) is 0 Å². The van der Waals surface area contributed by atoms with Crippen LogP contribution in [0.3, 0.4) is 0 Å². The summed E-state index contributed by atoms with van der Waals surface area (Å²) in [5, 5.41) is 3.26. The van der Waals surface area contributed by atoms with E-state index in [-0.39, 0.29) is 24.3 Å². The van der Waals surface area contributed by atoms with E-state index < -0.39 is 0 Å². The predicted octanol–water partition coefficient (Wildman–Crippen LogP) is 3.97. The third-order valence-corrected chi connectivity index (χ3v) is 4.47. The smallest absolute Gasteiger partial charge is 0.336 e. The number of hydrogen-bond donors (Lipinski definition) is 1. The fourth-order valence-corrected chi connectivity index (χ4v) is 3.12. The molecule has 1 aromatic rings. The second kappa shape index (κ2) is 8.30. The van der Waals surface area contributed by atoms with Gasteiger partial charge in [-0.2, -0.15) is 0 Å². The number of carbonyl (C=O) groups is 1. The van der Waals surface area contributed by atoms with Crippen LogP contribution in [-0.4, -0.2) is 26.3 Å². The zero-order chi connectivity index (χ0) is 18.6. The molecule has 0 fully saturated rings. The lowest BCUT2D eigenvalue weighted by atomic mass is 9.79. The van der Waals surface area contributed by atoms with Crippen molar-refractivity contribution in [2.45, 2.75) is 40.0 Å². The first-order valence-electron chi connectivity index (χ1n) is 8.50. The fourth-order valence-electron chi connectivity index (χ4n) is 3.12. The van der Waals surface area contributed by atoms with Crippen LogP contribution < -0.4 is 5.32 Å². The SMILES string of the molecule is CCCOC(=O)C1=C(COC)NC(C)=C(C)C1c1ccc(F)cc1C. The lowest BCUT2D eigenvalue weighted by molar-refractivity contribution is -0.139. The van der Waals surface area contributed by atoms with E-state index in [0.717, 1.165) is 28.8 Å². The Hall–Kier alpha value is -2.14. The number of allylic oxidation sites excluding steroid dienone is 2. The molecular weight excluding hydrogens is 321 g/mol. The maximum Gasteiger partial charge on any atom is 0.336 e. The monoisotopic (exact) mass is 347 g/mol. The number of benzene rings is 1. The number of methoxy groups -OCH3 is 1. The Balaban J connectivity index is 2.59. The molecule has 1 atom stereocenters. The van der Waals surface area contributed by atoms with E-state index in [9.17, 15) is 9.18 Å². The van der Waals surface area contributed by atoms with Crippen LogP contribution in [0.2, 0.25) is 0 Å². The summed E-state index contributed by atoms with van der Waals surface area (Å²) in [5.41, 5.74) is 4.91. The number of dihydropyridines is 1. The zero-order valence-corrected chi connectivity index (χ0v) is 15.5. The number of halogens is 1. The minimum Gasteiger partial charge on any atom is -0.462 e. The Kier molecular flexibility index (Phi) is 6.37. The number of nitrogens with one attached hydrogen (secondary N) is 1. The highest BCUT2D eigenvalue weighted by Gasteiger charge is 2.34. The molecule has 136 valence electrons. The summed E-state index contributed by atoms with van der Waals surface area (Å²) in [7, 11) is 1.59. The van der Waals surface area contributed by atoms with Gasteiger partial charge in [0.1, 0.15) is 5.82 Å². The van der Waals surface area contributed by atoms with Crippen LogP contribution in [-0.2, 0) is 14.3 Å². The Bertz CT molecular complexity index is 722. The molecular formula is C20H26FNO3. The van der Waals surface area contributed by atoms with Crippen molar-refractivity contribution < 1.29 is 18.7 Å². The number of ether oxygens (including phenoxy) is 2. The van der Waals surface area contributed by atoms with Gasteiger partial charge in [-0.15, -0.1) is 0 Å². The van der Waals surface area contributed by atoms with Gasteiger partial charge in [-0.1, -0.05) is 13.0 Å². The van der Waals surface area contributed by atoms with Crippen LogP contribution in [0.4, 0.5) is 4.39 Å². The Morgan fingerprint density at radius 2 is 2.00 bits per heavy atom. The molecule has 1 aromatic carbocycles. The molecule has 0 saturated carbocycles. The minimum atomic E-state index is -0.359. The molecule has 1 N–H and O–H groups in total. The molecule has 2 rings (SSSR count). The fraction of sp³-hybridized carbons (Fsp3) is 0.450. The maximum atomic E-state index is 13.6. The lowest BCUT2D eigenvalue weighted by Crippen LogP contribution is -2.31. The third-order valence-electron chi connectivity index (χ3n) is 4.47. The van der Waals surface area contributed by atoms with E-state index in [0.29, 0.717) is 17.9 Å². The van der Waals surface area contributed by atoms with Gasteiger partial charge in [0.2, 0.25) is 0 Å². The average molecular weight is 347 g/mol. The normalized spacial score (nSPS) is 17.6. The molecule has 25 heavy (non-hydrogen) atoms. The molecule has 1 aliphatic heterocycles. The summed E-state index contributed by atoms with van der Waals surface area (Å²) in [6, 6.07) is 4.66. The highest BCUT2D eigenvalue weighted by molar-refractivity contribution is 5.92. The van der Waals surface area contributed by atoms with Crippen LogP contribution in [0.5, 0.6) is 0 Å². The van der Waals surface area contributed by atoms with E-state index in [4.69, 9.17) is 9.47 Å². The van der Waals surface area contributed by atoms with Gasteiger partial charge in [0.05, 0.1) is 24.5 Å². The Labute approximate surface area is 148 Å². The second-order valence-corrected chi connectivity index (χ2v) is 6.33. The topological polar surface area (TPSA) is 47.6 Å². The number of esters is 1. The van der Waals surface area contributed by atoms with Gasteiger partial charge < -0.3 is 14.8 Å². The highest BCUT2D eigenvalue weighted by Crippen LogP contribution is 2.39. The number of carbonyl (C=O) groups excluding carboxylic acids is 1. The van der Waals surface area contributed by atoms with Crippen molar-refractivity contribution in [3.8, 4) is 0 Å². The first-order chi connectivity index (χ1) is 11.9. The van der Waals surface area contributed by atoms with Crippen molar-refractivity contribution in [2.24, 2.45) is 0 Å². The molecule has 5 heteroatoms. The van der Waals surface area contributed by atoms with Gasteiger partial charge in [0, 0.05) is 18.7 Å². The number of aryl methyl sites for hydroxylation is 1. The Morgan fingerprint density at radius 3 is 2.60 bits per heavy atom. The first kappa shape index (κ1) is 19.2. The van der Waals surface area contributed by atoms with Gasteiger partial charge in [0.25, 0.3) is 0 Å². The van der Waals surface area contributed by atoms with Crippen LogP contribution >= 0.6 is 0 Å². The van der Waals surface area contributed by atoms with E-state index in [2.05, 4.69) is 5.32 Å². The van der Waals surface area contributed by atoms with Crippen molar-refractivity contribution in [1.29, 1.82) is 0 Å². The average Bonchev–Trinajstić information content (AvgIpc) is 2.56. The molecule has 0 saturated heterocycles. The quantitative estimate of drug-likeness (QED) is 0.791. The highest BCUT2D eigenvalue weighted by atomic mass is 19.1. The summed E-state index contributed by atoms with van der Waals surface area (Å²) in [6.45, 7) is 8.39. The van der Waals surface area contributed by atoms with Gasteiger partial charge in [-0.3, -0.25) is 0 Å². The molecule has 1 aliphatic rings. The minimum absolute atomic E-state index is 0.276. The molecule has 0 aromatic heterocycles. The molecule has 0 radical (unpaired) electrons. The van der Waals surface area contributed by atoms with Crippen LogP contribution in [0.15, 0.2) is 40.7 Å². The molecule has 0 aliphatic carbocycles. The van der Waals surface area contributed by atoms with E-state index in [1.54, 1.807) is 13.2 Å². The van der Waals surface area contributed by atoms with Gasteiger partial charge >= 0.3 is 5.97 Å². The predicted molar refractivity (Wildman–Crippen MR) is 95.5 cm³/mol. The number of rotatable bonds is 6. The summed E-state index contributed by atoms with van der Waals surface area (Å²) < 4.78 is 24.2. The van der Waals surface area contributed by atoms with Gasteiger partial charge in [0.15, 0.2) is 0 Å². The van der Waals surface area contributed by atoms with E-state index in [1.165, 1.54) is 12.1 Å². The van der Waals surface area contributed by atoms with E-state index >= 15 is 0 Å². The standard InChI is InChI=1S/C20H26FNO3/c1-6-9-25-20(23)19-17(11-24-5)22-14(4)13(3)18(19)16-8-7-15(21)10-12(16)2/h7-8,10,18,22H,6,9,11H2,1-5H3. The van der Waals surface area contributed by atoms with Crippen molar-refractivity contribution in [2.75, 3.05) is 20.3 Å². The van der Waals surface area contributed by atoms with Gasteiger partial charge in [-0.05, 0) is 56.0 Å². The molecule has 0 bridgehead atoms. The first-order valence-corrected chi connectivity index (χ1v) is 8.50. The van der Waals surface area contributed by atoms with Gasteiger partial charge in [-0.25, -0.2) is 9.18 Å². The summed E-state index contributed by atoms with van der Waals surface area (Å²) in [4.78, 5) is 12.8. The lowest BCUT2D eigenvalue weighted by Gasteiger charge is -2.32. The molecule has 4 nitrogen and oxygen atoms in total. The van der Waals surface area contributed by atoms with Crippen LogP contribution in [0.1, 0.15) is 44.2 Å². The second-order valence-electron chi connectivity index (χ2n) is 6.33. The molecule has 1 heterocycles. The van der Waals surface area contributed by atoms with Crippen LogP contribution in [0.25, 0.3) is 0 Å². The maximum absolute atomic E-state index is 13.6. The third kappa shape index (κ3) is 4.10. The number of hydrogen-bond acceptors (Lipinski definition) is 4. The zero-order valence-electron chi connectivity index (χ0n) is 15.5. The summed E-state index contributed by atoms with van der Waals surface area (Å²) >= 11 is 0. The molecule has 1 unspecified atom stereocenters. The largest absolute Gasteiger partial charge is 0.462 e. The van der Waals surface area contributed by atoms with E-state index in [1.807, 2.05) is 27.7 Å². The summed E-state index contributed by atoms with van der Waals surface area (Å²) in [6.07, 6.45) is 0.750. The molecule has 0 spiro atoms. The molecule has 0 amide bonds.